The third kappa shape index (κ3) is 4.06. The minimum absolute atomic E-state index is 0.335. The van der Waals surface area contributed by atoms with Gasteiger partial charge in [-0.15, -0.1) is 0 Å². The van der Waals surface area contributed by atoms with Crippen molar-refractivity contribution in [2.24, 2.45) is 0 Å². The predicted molar refractivity (Wildman–Crippen MR) is 87.5 cm³/mol. The first-order valence-corrected chi connectivity index (χ1v) is 9.91. The summed E-state index contributed by atoms with van der Waals surface area (Å²) in [5.74, 6) is 0.671. The number of hydrogen-bond donors (Lipinski definition) is 0. The number of aryl methyl sites for hydroxylation is 1. The minimum atomic E-state index is -2.77. The first-order chi connectivity index (χ1) is 10.5. The van der Waals surface area contributed by atoms with E-state index in [-0.39, 0.29) is 0 Å². The second-order valence-corrected chi connectivity index (χ2v) is 8.87. The molecule has 22 heavy (non-hydrogen) atoms. The first kappa shape index (κ1) is 15.9. The Labute approximate surface area is 133 Å². The smallest absolute Gasteiger partial charge is 0.152 e. The number of hydrogen-bond acceptors (Lipinski definition) is 5. The highest BCUT2D eigenvalue weighted by Gasteiger charge is 2.29. The van der Waals surface area contributed by atoms with E-state index in [1.165, 1.54) is 11.1 Å². The molecule has 2 saturated heterocycles. The molecule has 1 aromatic rings. The highest BCUT2D eigenvalue weighted by atomic mass is 32.2. The van der Waals surface area contributed by atoms with E-state index in [0.717, 1.165) is 45.6 Å². The quantitative estimate of drug-likeness (QED) is 0.833. The van der Waals surface area contributed by atoms with E-state index >= 15 is 0 Å². The molecule has 0 N–H and O–H groups in total. The summed E-state index contributed by atoms with van der Waals surface area (Å²) in [4.78, 5) is 9.12. The second-order valence-electron chi connectivity index (χ2n) is 6.57. The SMILES string of the molecule is Cc1cncc(CN2CCC(N3CCS(=O)(=O)CC3)CC2)c1. The van der Waals surface area contributed by atoms with Gasteiger partial charge in [0.15, 0.2) is 9.84 Å². The van der Waals surface area contributed by atoms with Crippen molar-refractivity contribution in [3.8, 4) is 0 Å². The third-order valence-corrected chi connectivity index (χ3v) is 6.40. The van der Waals surface area contributed by atoms with E-state index in [1.807, 2.05) is 12.4 Å². The summed E-state index contributed by atoms with van der Waals surface area (Å²) in [6, 6.07) is 2.76. The Hall–Kier alpha value is -0.980. The zero-order valence-electron chi connectivity index (χ0n) is 13.2. The van der Waals surface area contributed by atoms with Crippen LogP contribution in [0.1, 0.15) is 24.0 Å². The molecule has 2 aliphatic rings. The van der Waals surface area contributed by atoms with Gasteiger partial charge in [-0.05, 0) is 44.0 Å². The molecule has 122 valence electrons. The molecule has 3 rings (SSSR count). The molecular formula is C16H25N3O2S. The number of sulfone groups is 1. The van der Waals surface area contributed by atoms with Crippen LogP contribution in [0.25, 0.3) is 0 Å². The van der Waals surface area contributed by atoms with Crippen molar-refractivity contribution in [1.82, 2.24) is 14.8 Å². The average Bonchev–Trinajstić information content (AvgIpc) is 2.48. The molecule has 0 aromatic carbocycles. The molecule has 0 spiro atoms. The van der Waals surface area contributed by atoms with Gasteiger partial charge in [0.2, 0.25) is 0 Å². The van der Waals surface area contributed by atoms with E-state index in [0.29, 0.717) is 17.5 Å². The van der Waals surface area contributed by atoms with E-state index < -0.39 is 9.84 Å². The van der Waals surface area contributed by atoms with Gasteiger partial charge in [-0.25, -0.2) is 8.42 Å². The fraction of sp³-hybridized carbons (Fsp3) is 0.688. The molecule has 0 radical (unpaired) electrons. The van der Waals surface area contributed by atoms with Crippen molar-refractivity contribution in [2.45, 2.75) is 32.4 Å². The van der Waals surface area contributed by atoms with Crippen LogP contribution in [-0.2, 0) is 16.4 Å². The van der Waals surface area contributed by atoms with Gasteiger partial charge in [0.25, 0.3) is 0 Å². The van der Waals surface area contributed by atoms with E-state index in [1.54, 1.807) is 0 Å². The molecule has 0 atom stereocenters. The van der Waals surface area contributed by atoms with E-state index in [9.17, 15) is 8.42 Å². The van der Waals surface area contributed by atoms with Crippen LogP contribution in [0.15, 0.2) is 18.5 Å². The number of nitrogens with zero attached hydrogens (tertiary/aromatic N) is 3. The van der Waals surface area contributed by atoms with E-state index in [4.69, 9.17) is 0 Å². The average molecular weight is 323 g/mol. The largest absolute Gasteiger partial charge is 0.299 e. The van der Waals surface area contributed by atoms with Crippen LogP contribution in [0.3, 0.4) is 0 Å². The second kappa shape index (κ2) is 6.64. The molecule has 3 heterocycles. The Kier molecular flexibility index (Phi) is 4.80. The van der Waals surface area contributed by atoms with Crippen molar-refractivity contribution in [1.29, 1.82) is 0 Å². The van der Waals surface area contributed by atoms with Crippen LogP contribution in [0, 0.1) is 6.92 Å². The molecular weight excluding hydrogens is 298 g/mol. The summed E-state index contributed by atoms with van der Waals surface area (Å²) in [6.45, 7) is 6.65. The Morgan fingerprint density at radius 1 is 1.14 bits per heavy atom. The number of likely N-dealkylation sites (tertiary alicyclic amines) is 1. The van der Waals surface area contributed by atoms with Crippen molar-refractivity contribution in [3.63, 3.8) is 0 Å². The van der Waals surface area contributed by atoms with Gasteiger partial charge in [0.1, 0.15) is 0 Å². The van der Waals surface area contributed by atoms with Crippen molar-refractivity contribution < 1.29 is 8.42 Å². The summed E-state index contributed by atoms with van der Waals surface area (Å²) < 4.78 is 23.0. The van der Waals surface area contributed by atoms with Gasteiger partial charge in [-0.2, -0.15) is 0 Å². The summed E-state index contributed by atoms with van der Waals surface area (Å²) in [5.41, 5.74) is 2.49. The lowest BCUT2D eigenvalue weighted by Gasteiger charge is -2.40. The lowest BCUT2D eigenvalue weighted by molar-refractivity contribution is 0.111. The van der Waals surface area contributed by atoms with Crippen LogP contribution in [0.4, 0.5) is 0 Å². The van der Waals surface area contributed by atoms with Crippen LogP contribution < -0.4 is 0 Å². The summed E-state index contributed by atoms with van der Waals surface area (Å²) in [6.07, 6.45) is 6.12. The molecule has 0 saturated carbocycles. The minimum Gasteiger partial charge on any atom is -0.299 e. The first-order valence-electron chi connectivity index (χ1n) is 8.09. The van der Waals surface area contributed by atoms with Crippen LogP contribution in [-0.4, -0.2) is 66.9 Å². The van der Waals surface area contributed by atoms with Crippen LogP contribution in [0.2, 0.25) is 0 Å². The molecule has 2 fully saturated rings. The zero-order valence-corrected chi connectivity index (χ0v) is 14.1. The lowest BCUT2D eigenvalue weighted by Crippen LogP contribution is -2.50. The number of aromatic nitrogens is 1. The maximum atomic E-state index is 11.5. The van der Waals surface area contributed by atoms with Gasteiger partial charge in [-0.1, -0.05) is 6.07 Å². The van der Waals surface area contributed by atoms with Crippen molar-refractivity contribution in [2.75, 3.05) is 37.7 Å². The number of piperidine rings is 1. The maximum absolute atomic E-state index is 11.5. The Bertz CT molecular complexity index is 596. The van der Waals surface area contributed by atoms with Crippen LogP contribution >= 0.6 is 0 Å². The lowest BCUT2D eigenvalue weighted by atomic mass is 10.0. The topological polar surface area (TPSA) is 53.5 Å². The summed E-state index contributed by atoms with van der Waals surface area (Å²) >= 11 is 0. The fourth-order valence-electron chi connectivity index (χ4n) is 3.50. The maximum Gasteiger partial charge on any atom is 0.152 e. The Morgan fingerprint density at radius 3 is 2.45 bits per heavy atom. The highest BCUT2D eigenvalue weighted by Crippen LogP contribution is 2.20. The van der Waals surface area contributed by atoms with E-state index in [2.05, 4.69) is 27.8 Å². The van der Waals surface area contributed by atoms with Gasteiger partial charge >= 0.3 is 0 Å². The highest BCUT2D eigenvalue weighted by molar-refractivity contribution is 7.91. The Morgan fingerprint density at radius 2 is 1.82 bits per heavy atom. The standard InChI is InChI=1S/C16H25N3O2S/c1-14-10-15(12-17-11-14)13-18-4-2-16(3-5-18)19-6-8-22(20,21)9-7-19/h10-12,16H,2-9,13H2,1H3. The monoisotopic (exact) mass is 323 g/mol. The van der Waals surface area contributed by atoms with Gasteiger partial charge in [0, 0.05) is 38.1 Å². The Balaban J connectivity index is 1.48. The fourth-order valence-corrected chi connectivity index (χ4v) is 4.73. The van der Waals surface area contributed by atoms with Crippen molar-refractivity contribution >= 4 is 9.84 Å². The molecule has 0 unspecified atom stereocenters. The summed E-state index contributed by atoms with van der Waals surface area (Å²) in [5, 5.41) is 0. The molecule has 1 aromatic heterocycles. The number of rotatable bonds is 3. The van der Waals surface area contributed by atoms with Crippen LogP contribution in [0.5, 0.6) is 0 Å². The molecule has 0 bridgehead atoms. The molecule has 0 amide bonds. The predicted octanol–water partition coefficient (Wildman–Crippen LogP) is 1.08. The third-order valence-electron chi connectivity index (χ3n) is 4.79. The number of pyridine rings is 1. The van der Waals surface area contributed by atoms with Gasteiger partial charge < -0.3 is 0 Å². The van der Waals surface area contributed by atoms with Crippen molar-refractivity contribution in [3.05, 3.63) is 29.6 Å². The summed E-state index contributed by atoms with van der Waals surface area (Å²) in [7, 11) is -2.77. The van der Waals surface area contributed by atoms with Gasteiger partial charge in [0.05, 0.1) is 11.5 Å². The molecule has 6 heteroatoms. The normalized spacial score (nSPS) is 24.4. The molecule has 0 aliphatic carbocycles. The zero-order chi connectivity index (χ0) is 15.6. The molecule has 5 nitrogen and oxygen atoms in total. The molecule has 2 aliphatic heterocycles. The van der Waals surface area contributed by atoms with Gasteiger partial charge in [-0.3, -0.25) is 14.8 Å².